The second-order valence-corrected chi connectivity index (χ2v) is 4.63. The Morgan fingerprint density at radius 1 is 1.00 bits per heavy atom. The van der Waals surface area contributed by atoms with Crippen molar-refractivity contribution in [3.8, 4) is 5.75 Å². The minimum atomic E-state index is -2.24. The van der Waals surface area contributed by atoms with Crippen LogP contribution in [0, 0.1) is 29.1 Å². The van der Waals surface area contributed by atoms with Crippen LogP contribution in [0.3, 0.4) is 0 Å². The van der Waals surface area contributed by atoms with Crippen molar-refractivity contribution in [3.05, 3.63) is 29.1 Å². The summed E-state index contributed by atoms with van der Waals surface area (Å²) in [5, 5.41) is 9.86. The summed E-state index contributed by atoms with van der Waals surface area (Å²) in [6.45, 7) is 1.38. The lowest BCUT2D eigenvalue weighted by molar-refractivity contribution is 0.0305. The van der Waals surface area contributed by atoms with Crippen LogP contribution in [0.15, 0.2) is 0 Å². The van der Waals surface area contributed by atoms with Gasteiger partial charge in [-0.2, -0.15) is 8.78 Å². The normalized spacial score (nSPS) is 14.1. The molecule has 1 rings (SSSR count). The van der Waals surface area contributed by atoms with Gasteiger partial charge in [-0.25, -0.2) is 13.2 Å². The molecule has 0 spiro atoms. The summed E-state index contributed by atoms with van der Waals surface area (Å²) in [4.78, 5) is 0. The first kappa shape index (κ1) is 17.6. The highest BCUT2D eigenvalue weighted by Gasteiger charge is 2.27. The smallest absolute Gasteiger partial charge is 0.206 e. The molecule has 1 atom stereocenters. The van der Waals surface area contributed by atoms with Gasteiger partial charge in [0.2, 0.25) is 29.1 Å². The molecule has 1 unspecified atom stereocenters. The Hall–Kier alpha value is -1.41. The van der Waals surface area contributed by atoms with Crippen molar-refractivity contribution in [1.82, 2.24) is 0 Å². The number of halogens is 5. The number of ether oxygens (including phenoxy) is 1. The molecule has 21 heavy (non-hydrogen) atoms. The van der Waals surface area contributed by atoms with Crippen LogP contribution in [-0.2, 0) is 0 Å². The Kier molecular flexibility index (Phi) is 5.91. The molecule has 8 heteroatoms. The van der Waals surface area contributed by atoms with Crippen LogP contribution in [0.5, 0.6) is 5.75 Å². The van der Waals surface area contributed by atoms with E-state index in [0.717, 1.165) is 0 Å². The lowest BCUT2D eigenvalue weighted by atomic mass is 9.95. The third kappa shape index (κ3) is 3.82. The Labute approximate surface area is 118 Å². The first-order valence-corrected chi connectivity index (χ1v) is 6.34. The molecule has 120 valence electrons. The lowest BCUT2D eigenvalue weighted by Crippen LogP contribution is -2.37. The van der Waals surface area contributed by atoms with E-state index in [0.29, 0.717) is 6.42 Å². The third-order valence-corrected chi connectivity index (χ3v) is 3.24. The number of nitrogens with two attached hydrogens (primary N) is 1. The Morgan fingerprint density at radius 3 is 1.90 bits per heavy atom. The van der Waals surface area contributed by atoms with E-state index in [9.17, 15) is 27.1 Å². The molecule has 0 aliphatic rings. The Balaban J connectivity index is 2.73. The fourth-order valence-electron chi connectivity index (χ4n) is 1.71. The summed E-state index contributed by atoms with van der Waals surface area (Å²) in [5.41, 5.74) is 4.22. The average Bonchev–Trinajstić information content (AvgIpc) is 2.50. The van der Waals surface area contributed by atoms with Crippen LogP contribution in [0.4, 0.5) is 22.0 Å². The quantitative estimate of drug-likeness (QED) is 0.352. The third-order valence-electron chi connectivity index (χ3n) is 3.24. The number of hydrogen-bond acceptors (Lipinski definition) is 3. The molecule has 3 nitrogen and oxygen atoms in total. The zero-order chi connectivity index (χ0) is 16.2. The van der Waals surface area contributed by atoms with Crippen LogP contribution >= 0.6 is 0 Å². The maximum Gasteiger partial charge on any atom is 0.206 e. The van der Waals surface area contributed by atoms with E-state index in [1.54, 1.807) is 6.92 Å². The van der Waals surface area contributed by atoms with E-state index in [1.807, 2.05) is 0 Å². The first-order valence-electron chi connectivity index (χ1n) is 6.34. The predicted octanol–water partition coefficient (Wildman–Crippen LogP) is 2.64. The summed E-state index contributed by atoms with van der Waals surface area (Å²) in [6.07, 6.45) is 0.683. The molecule has 3 N–H and O–H groups in total. The molecule has 0 heterocycles. The van der Waals surface area contributed by atoms with E-state index in [1.165, 1.54) is 0 Å². The van der Waals surface area contributed by atoms with E-state index in [-0.39, 0.29) is 26.0 Å². The fourth-order valence-corrected chi connectivity index (χ4v) is 1.71. The highest BCUT2D eigenvalue weighted by atomic mass is 19.2. The molecule has 0 amide bonds. The van der Waals surface area contributed by atoms with Crippen LogP contribution < -0.4 is 10.5 Å². The molecule has 1 aromatic carbocycles. The Bertz CT molecular complexity index is 477. The number of aliphatic hydroxyl groups is 1. The van der Waals surface area contributed by atoms with Gasteiger partial charge < -0.3 is 15.6 Å². The average molecular weight is 313 g/mol. The van der Waals surface area contributed by atoms with Crippen LogP contribution in [0.25, 0.3) is 0 Å². The standard InChI is InChI=1S/C13H16F5NO2/c1-2-13(20,6-19)4-3-5-21-12-10(17)8(15)7(14)9(16)11(12)18/h20H,2-6,19H2,1H3. The van der Waals surface area contributed by atoms with Gasteiger partial charge in [-0.15, -0.1) is 0 Å². The van der Waals surface area contributed by atoms with E-state index in [4.69, 9.17) is 5.73 Å². The minimum Gasteiger partial charge on any atom is -0.487 e. The number of benzene rings is 1. The molecule has 1 aromatic rings. The van der Waals surface area contributed by atoms with Gasteiger partial charge in [-0.3, -0.25) is 0 Å². The van der Waals surface area contributed by atoms with Gasteiger partial charge in [0.05, 0.1) is 12.2 Å². The van der Waals surface area contributed by atoms with Gasteiger partial charge in [0.1, 0.15) is 0 Å². The number of rotatable bonds is 7. The molecule has 0 bridgehead atoms. The van der Waals surface area contributed by atoms with Crippen molar-refractivity contribution < 1.29 is 31.8 Å². The second-order valence-electron chi connectivity index (χ2n) is 4.63. The predicted molar refractivity (Wildman–Crippen MR) is 65.3 cm³/mol. The van der Waals surface area contributed by atoms with Crippen molar-refractivity contribution in [2.45, 2.75) is 31.8 Å². The van der Waals surface area contributed by atoms with Crippen LogP contribution in [-0.4, -0.2) is 23.9 Å². The van der Waals surface area contributed by atoms with Crippen molar-refractivity contribution in [3.63, 3.8) is 0 Å². The topological polar surface area (TPSA) is 55.5 Å². The van der Waals surface area contributed by atoms with Crippen LogP contribution in [0.2, 0.25) is 0 Å². The largest absolute Gasteiger partial charge is 0.487 e. The molecule has 0 saturated carbocycles. The van der Waals surface area contributed by atoms with Gasteiger partial charge in [0.25, 0.3) is 0 Å². The summed E-state index contributed by atoms with van der Waals surface area (Å²) in [5.74, 6) is -11.7. The zero-order valence-corrected chi connectivity index (χ0v) is 11.4. The van der Waals surface area contributed by atoms with Crippen molar-refractivity contribution >= 4 is 0 Å². The Morgan fingerprint density at radius 2 is 1.48 bits per heavy atom. The zero-order valence-electron chi connectivity index (χ0n) is 11.4. The maximum absolute atomic E-state index is 13.3. The minimum absolute atomic E-state index is 0.00791. The van der Waals surface area contributed by atoms with E-state index < -0.39 is 40.4 Å². The summed E-state index contributed by atoms with van der Waals surface area (Å²) < 4.78 is 69.8. The highest BCUT2D eigenvalue weighted by Crippen LogP contribution is 2.29. The maximum atomic E-state index is 13.3. The summed E-state index contributed by atoms with van der Waals surface area (Å²) in [7, 11) is 0. The molecule has 0 radical (unpaired) electrons. The molecular weight excluding hydrogens is 297 g/mol. The van der Waals surface area contributed by atoms with E-state index in [2.05, 4.69) is 4.74 Å². The molecule has 0 saturated heterocycles. The fraction of sp³-hybridized carbons (Fsp3) is 0.538. The molecule has 0 aliphatic carbocycles. The molecule has 0 aromatic heterocycles. The first-order chi connectivity index (χ1) is 9.77. The van der Waals surface area contributed by atoms with Crippen LogP contribution in [0.1, 0.15) is 26.2 Å². The monoisotopic (exact) mass is 313 g/mol. The lowest BCUT2D eigenvalue weighted by Gasteiger charge is -2.24. The van der Waals surface area contributed by atoms with E-state index >= 15 is 0 Å². The van der Waals surface area contributed by atoms with Gasteiger partial charge >= 0.3 is 0 Å². The summed E-state index contributed by atoms with van der Waals surface area (Å²) >= 11 is 0. The second kappa shape index (κ2) is 7.04. The van der Waals surface area contributed by atoms with Crippen molar-refractivity contribution in [2.24, 2.45) is 5.73 Å². The van der Waals surface area contributed by atoms with Gasteiger partial charge in [-0.05, 0) is 19.3 Å². The molecular formula is C13H16F5NO2. The molecule has 0 fully saturated rings. The van der Waals surface area contributed by atoms with Gasteiger partial charge in [0, 0.05) is 6.54 Å². The number of hydrogen-bond donors (Lipinski definition) is 2. The summed E-state index contributed by atoms with van der Waals surface area (Å²) in [6, 6.07) is 0. The van der Waals surface area contributed by atoms with Crippen molar-refractivity contribution in [1.29, 1.82) is 0 Å². The molecule has 0 aliphatic heterocycles. The van der Waals surface area contributed by atoms with Gasteiger partial charge in [-0.1, -0.05) is 6.92 Å². The van der Waals surface area contributed by atoms with Gasteiger partial charge in [0.15, 0.2) is 5.75 Å². The SMILES string of the molecule is CCC(O)(CN)CCCOc1c(F)c(F)c(F)c(F)c1F. The van der Waals surface area contributed by atoms with Crippen molar-refractivity contribution in [2.75, 3.05) is 13.2 Å². The highest BCUT2D eigenvalue weighted by molar-refractivity contribution is 5.29.